The van der Waals surface area contributed by atoms with E-state index in [9.17, 15) is 0 Å². The van der Waals surface area contributed by atoms with Crippen molar-refractivity contribution in [1.82, 2.24) is 0 Å². The summed E-state index contributed by atoms with van der Waals surface area (Å²) in [6.45, 7) is 11.2. The average Bonchev–Trinajstić information content (AvgIpc) is 2.81. The van der Waals surface area contributed by atoms with Crippen molar-refractivity contribution in [3.05, 3.63) is 0 Å². The third-order valence-corrected chi connectivity index (χ3v) is 4.24. The van der Waals surface area contributed by atoms with E-state index in [1.54, 1.807) is 0 Å². The Morgan fingerprint density at radius 1 is 0.344 bits per heavy atom. The standard InChI is InChI=1S/C12H26O7.C12H26O/c13-1-3-15-5-7-17-9-11-19-12-10-18-8-6-16-4-2-14;1-3-5-7-8-9-10-12-13-11-6-4-2/h13-14H,1-12H2;3-12H2,1-2H3. The van der Waals surface area contributed by atoms with Crippen LogP contribution in [0, 0.1) is 0 Å². The first-order valence-corrected chi connectivity index (χ1v) is 12.5. The van der Waals surface area contributed by atoms with Crippen molar-refractivity contribution in [2.75, 3.05) is 92.5 Å². The van der Waals surface area contributed by atoms with Gasteiger partial charge in [-0.2, -0.15) is 0 Å². The maximum atomic E-state index is 8.45. The Bertz CT molecular complexity index is 269. The highest BCUT2D eigenvalue weighted by molar-refractivity contribution is 4.43. The van der Waals surface area contributed by atoms with Crippen LogP contribution in [-0.4, -0.2) is 103 Å². The molecule has 0 spiro atoms. The van der Waals surface area contributed by atoms with Gasteiger partial charge in [0, 0.05) is 13.2 Å². The van der Waals surface area contributed by atoms with E-state index in [1.165, 1.54) is 51.4 Å². The van der Waals surface area contributed by atoms with Crippen LogP contribution < -0.4 is 0 Å². The lowest BCUT2D eigenvalue weighted by Crippen LogP contribution is -2.14. The molecule has 0 aliphatic rings. The van der Waals surface area contributed by atoms with Crippen molar-refractivity contribution in [3.8, 4) is 0 Å². The van der Waals surface area contributed by atoms with E-state index in [-0.39, 0.29) is 13.2 Å². The molecule has 0 unspecified atom stereocenters. The lowest BCUT2D eigenvalue weighted by atomic mass is 10.1. The third-order valence-electron chi connectivity index (χ3n) is 4.24. The zero-order chi connectivity index (χ0) is 23.8. The van der Waals surface area contributed by atoms with Gasteiger partial charge in [-0.05, 0) is 12.8 Å². The summed E-state index contributed by atoms with van der Waals surface area (Å²) < 4.78 is 31.3. The summed E-state index contributed by atoms with van der Waals surface area (Å²) >= 11 is 0. The first-order valence-electron chi connectivity index (χ1n) is 12.5. The van der Waals surface area contributed by atoms with Gasteiger partial charge in [-0.25, -0.2) is 0 Å². The fourth-order valence-corrected chi connectivity index (χ4v) is 2.44. The van der Waals surface area contributed by atoms with E-state index in [0.717, 1.165) is 13.2 Å². The van der Waals surface area contributed by atoms with Crippen molar-refractivity contribution < 1.29 is 38.6 Å². The maximum absolute atomic E-state index is 8.45. The van der Waals surface area contributed by atoms with Crippen molar-refractivity contribution in [2.45, 2.75) is 65.2 Å². The maximum Gasteiger partial charge on any atom is 0.0701 e. The highest BCUT2D eigenvalue weighted by Gasteiger charge is 1.93. The second-order valence-corrected chi connectivity index (χ2v) is 7.24. The molecule has 0 heterocycles. The summed E-state index contributed by atoms with van der Waals surface area (Å²) in [4.78, 5) is 0. The van der Waals surface area contributed by atoms with E-state index in [1.807, 2.05) is 0 Å². The molecule has 8 heteroatoms. The molecule has 0 fully saturated rings. The third kappa shape index (κ3) is 37.0. The Balaban J connectivity index is 0. The normalized spacial score (nSPS) is 10.9. The molecule has 0 aliphatic carbocycles. The molecule has 0 radical (unpaired) electrons. The Kier molecular flexibility index (Phi) is 37.3. The molecule has 0 aromatic rings. The quantitative estimate of drug-likeness (QED) is 0.187. The molecule has 0 aliphatic heterocycles. The van der Waals surface area contributed by atoms with Crippen molar-refractivity contribution in [1.29, 1.82) is 0 Å². The van der Waals surface area contributed by atoms with E-state index >= 15 is 0 Å². The Morgan fingerprint density at radius 2 is 0.656 bits per heavy atom. The van der Waals surface area contributed by atoms with Crippen LogP contribution in [0.25, 0.3) is 0 Å². The zero-order valence-corrected chi connectivity index (χ0v) is 20.9. The average molecular weight is 469 g/mol. The van der Waals surface area contributed by atoms with E-state index < -0.39 is 0 Å². The highest BCUT2D eigenvalue weighted by Crippen LogP contribution is 2.04. The van der Waals surface area contributed by atoms with Crippen molar-refractivity contribution >= 4 is 0 Å². The van der Waals surface area contributed by atoms with Crippen LogP contribution in [0.2, 0.25) is 0 Å². The first kappa shape index (κ1) is 33.9. The molecular weight excluding hydrogens is 416 g/mol. The van der Waals surface area contributed by atoms with Crippen LogP contribution in [0.3, 0.4) is 0 Å². The minimum atomic E-state index is 0.0359. The second kappa shape index (κ2) is 35.3. The van der Waals surface area contributed by atoms with Gasteiger partial charge >= 0.3 is 0 Å². The fraction of sp³-hybridized carbons (Fsp3) is 1.00. The Morgan fingerprint density at radius 3 is 1.06 bits per heavy atom. The summed E-state index contributed by atoms with van der Waals surface area (Å²) in [5, 5.41) is 16.9. The molecule has 2 N–H and O–H groups in total. The van der Waals surface area contributed by atoms with Crippen LogP contribution >= 0.6 is 0 Å². The van der Waals surface area contributed by atoms with Gasteiger partial charge in [0.25, 0.3) is 0 Å². The topological polar surface area (TPSA) is 95.8 Å². The fourth-order valence-electron chi connectivity index (χ4n) is 2.44. The summed E-state index contributed by atoms with van der Waals surface area (Å²) in [7, 11) is 0. The van der Waals surface area contributed by atoms with Gasteiger partial charge in [-0.15, -0.1) is 0 Å². The van der Waals surface area contributed by atoms with Gasteiger partial charge in [0.05, 0.1) is 79.3 Å². The number of aliphatic hydroxyl groups excluding tert-OH is 2. The minimum Gasteiger partial charge on any atom is -0.394 e. The summed E-state index contributed by atoms with van der Waals surface area (Å²) in [5.74, 6) is 0. The first-order chi connectivity index (χ1) is 15.8. The van der Waals surface area contributed by atoms with Gasteiger partial charge in [-0.1, -0.05) is 52.4 Å². The second-order valence-electron chi connectivity index (χ2n) is 7.24. The molecule has 0 aromatic heterocycles. The zero-order valence-electron chi connectivity index (χ0n) is 20.9. The van der Waals surface area contributed by atoms with Gasteiger partial charge < -0.3 is 38.6 Å². The molecule has 0 saturated heterocycles. The molecule has 8 nitrogen and oxygen atoms in total. The number of hydrogen-bond acceptors (Lipinski definition) is 8. The molecular formula is C24H52O8. The lowest BCUT2D eigenvalue weighted by Gasteiger charge is -2.07. The van der Waals surface area contributed by atoms with Crippen molar-refractivity contribution in [2.24, 2.45) is 0 Å². The van der Waals surface area contributed by atoms with Gasteiger partial charge in [0.15, 0.2) is 0 Å². The van der Waals surface area contributed by atoms with Crippen LogP contribution in [0.5, 0.6) is 0 Å². The van der Waals surface area contributed by atoms with E-state index in [4.69, 9.17) is 38.6 Å². The molecule has 196 valence electrons. The SMILES string of the molecule is CCCCCCCCOCCCC.OCCOCCOCCOCCOCCOCCO. The predicted molar refractivity (Wildman–Crippen MR) is 127 cm³/mol. The van der Waals surface area contributed by atoms with E-state index in [2.05, 4.69) is 13.8 Å². The minimum absolute atomic E-state index is 0.0359. The molecule has 0 saturated carbocycles. The van der Waals surface area contributed by atoms with Gasteiger partial charge in [0.1, 0.15) is 0 Å². The van der Waals surface area contributed by atoms with Gasteiger partial charge in [-0.3, -0.25) is 0 Å². The Labute approximate surface area is 196 Å². The van der Waals surface area contributed by atoms with Gasteiger partial charge in [0.2, 0.25) is 0 Å². The number of unbranched alkanes of at least 4 members (excludes halogenated alkanes) is 6. The number of rotatable bonds is 26. The highest BCUT2D eigenvalue weighted by atomic mass is 16.6. The van der Waals surface area contributed by atoms with Crippen LogP contribution in [0.4, 0.5) is 0 Å². The summed E-state index contributed by atoms with van der Waals surface area (Å²) in [6.07, 6.45) is 10.6. The molecule has 0 amide bonds. The molecule has 0 atom stereocenters. The van der Waals surface area contributed by atoms with Crippen molar-refractivity contribution in [3.63, 3.8) is 0 Å². The summed E-state index contributed by atoms with van der Waals surface area (Å²) in [5.41, 5.74) is 0. The molecule has 0 bridgehead atoms. The monoisotopic (exact) mass is 468 g/mol. The predicted octanol–water partition coefficient (Wildman–Crippen LogP) is 3.22. The molecule has 0 aromatic carbocycles. The number of ether oxygens (including phenoxy) is 6. The van der Waals surface area contributed by atoms with Crippen LogP contribution in [0.1, 0.15) is 65.2 Å². The largest absolute Gasteiger partial charge is 0.394 e. The molecule has 0 rings (SSSR count). The molecule has 32 heavy (non-hydrogen) atoms. The van der Waals surface area contributed by atoms with E-state index in [0.29, 0.717) is 66.1 Å². The number of aliphatic hydroxyl groups is 2. The number of hydrogen-bond donors (Lipinski definition) is 2. The van der Waals surface area contributed by atoms with Crippen LogP contribution in [0.15, 0.2) is 0 Å². The Hall–Kier alpha value is -0.320. The smallest absolute Gasteiger partial charge is 0.0701 e. The lowest BCUT2D eigenvalue weighted by molar-refractivity contribution is -0.0151. The summed E-state index contributed by atoms with van der Waals surface area (Å²) in [6, 6.07) is 0. The van der Waals surface area contributed by atoms with Crippen LogP contribution in [-0.2, 0) is 28.4 Å².